The van der Waals surface area contributed by atoms with Gasteiger partial charge in [-0.15, -0.1) is 0 Å². The van der Waals surface area contributed by atoms with Gasteiger partial charge in [0.2, 0.25) is 0 Å². The summed E-state index contributed by atoms with van der Waals surface area (Å²) in [5.74, 6) is 0.400. The van der Waals surface area contributed by atoms with Crippen LogP contribution in [0.25, 0.3) is 0 Å². The molecule has 0 aliphatic rings. The van der Waals surface area contributed by atoms with Crippen LogP contribution in [0.15, 0.2) is 52.5 Å². The van der Waals surface area contributed by atoms with E-state index >= 15 is 0 Å². The Hall–Kier alpha value is -3.27. The van der Waals surface area contributed by atoms with E-state index in [4.69, 9.17) is 19.9 Å². The molecule has 144 valence electrons. The van der Waals surface area contributed by atoms with Crippen molar-refractivity contribution in [2.24, 2.45) is 10.8 Å². The first-order valence-electron chi connectivity index (χ1n) is 7.64. The first-order chi connectivity index (χ1) is 12.9. The van der Waals surface area contributed by atoms with Crippen molar-refractivity contribution in [2.45, 2.75) is 4.90 Å². The van der Waals surface area contributed by atoms with Crippen molar-refractivity contribution in [1.29, 1.82) is 0 Å². The van der Waals surface area contributed by atoms with Crippen LogP contribution in [0.5, 0.6) is 17.2 Å². The summed E-state index contributed by atoms with van der Waals surface area (Å²) in [6.45, 7) is -0.227. The number of carbonyl (C=O) groups is 1. The number of rotatable bonds is 9. The molecule has 0 saturated carbocycles. The lowest BCUT2D eigenvalue weighted by atomic mass is 10.2. The number of sulfonamides is 1. The highest BCUT2D eigenvalue weighted by Crippen LogP contribution is 2.27. The summed E-state index contributed by atoms with van der Waals surface area (Å²) < 4.78 is 40.1. The Labute approximate surface area is 156 Å². The van der Waals surface area contributed by atoms with Crippen LogP contribution in [0.2, 0.25) is 0 Å². The monoisotopic (exact) mass is 393 g/mol. The number of benzene rings is 2. The second-order valence-corrected chi connectivity index (χ2v) is 6.82. The van der Waals surface area contributed by atoms with Crippen LogP contribution in [0.1, 0.15) is 5.56 Å². The second kappa shape index (κ2) is 8.90. The average Bonchev–Trinajstić information content (AvgIpc) is 2.66. The number of hydrogen-bond donors (Lipinski definition) is 2. The van der Waals surface area contributed by atoms with Gasteiger partial charge in [-0.05, 0) is 42.0 Å². The first-order valence-corrected chi connectivity index (χ1v) is 9.12. The van der Waals surface area contributed by atoms with Crippen molar-refractivity contribution in [2.75, 3.05) is 20.8 Å². The lowest BCUT2D eigenvalue weighted by molar-refractivity contribution is -0.119. The van der Waals surface area contributed by atoms with Crippen molar-refractivity contribution in [1.82, 2.24) is 4.83 Å². The SMILES string of the molecule is COc1ccc(OC)c(S(=O)(=O)N/N=C/c2ccc(OCC(N)=O)cc2)c1. The molecule has 0 saturated heterocycles. The number of hydrazone groups is 1. The summed E-state index contributed by atoms with van der Waals surface area (Å²) in [5.41, 5.74) is 5.61. The molecule has 9 nitrogen and oxygen atoms in total. The van der Waals surface area contributed by atoms with E-state index in [1.165, 1.54) is 32.6 Å². The fourth-order valence-electron chi connectivity index (χ4n) is 2.02. The quantitative estimate of drug-likeness (QED) is 0.481. The van der Waals surface area contributed by atoms with Crippen LogP contribution in [0.3, 0.4) is 0 Å². The van der Waals surface area contributed by atoms with E-state index in [0.29, 0.717) is 17.1 Å². The van der Waals surface area contributed by atoms with Crippen LogP contribution in [-0.4, -0.2) is 41.4 Å². The third-order valence-electron chi connectivity index (χ3n) is 3.31. The largest absolute Gasteiger partial charge is 0.497 e. The number of nitrogens with one attached hydrogen (secondary N) is 1. The molecule has 3 N–H and O–H groups in total. The van der Waals surface area contributed by atoms with E-state index < -0.39 is 15.9 Å². The molecule has 2 aromatic rings. The molecule has 0 aromatic heterocycles. The molecule has 0 heterocycles. The van der Waals surface area contributed by atoms with Crippen molar-refractivity contribution in [3.05, 3.63) is 48.0 Å². The molecule has 0 bridgehead atoms. The fraction of sp³-hybridized carbons (Fsp3) is 0.176. The number of nitrogens with two attached hydrogens (primary N) is 1. The van der Waals surface area contributed by atoms with Crippen molar-refractivity contribution < 1.29 is 27.4 Å². The van der Waals surface area contributed by atoms with Gasteiger partial charge in [0.25, 0.3) is 15.9 Å². The van der Waals surface area contributed by atoms with Gasteiger partial charge in [0, 0.05) is 6.07 Å². The van der Waals surface area contributed by atoms with Crippen molar-refractivity contribution >= 4 is 22.1 Å². The zero-order chi connectivity index (χ0) is 19.9. The molecule has 0 radical (unpaired) electrons. The molecule has 0 spiro atoms. The van der Waals surface area contributed by atoms with Gasteiger partial charge in [-0.1, -0.05) is 0 Å². The summed E-state index contributed by atoms with van der Waals surface area (Å²) in [4.78, 5) is 12.7. The maximum absolute atomic E-state index is 12.4. The van der Waals surface area contributed by atoms with E-state index in [2.05, 4.69) is 9.93 Å². The van der Waals surface area contributed by atoms with Gasteiger partial charge in [0.15, 0.2) is 6.61 Å². The Kier molecular flexibility index (Phi) is 6.61. The van der Waals surface area contributed by atoms with E-state index in [1.807, 2.05) is 0 Å². The highest BCUT2D eigenvalue weighted by Gasteiger charge is 2.19. The van der Waals surface area contributed by atoms with Crippen LogP contribution in [0.4, 0.5) is 0 Å². The molecular formula is C17H19N3O6S. The number of amides is 1. The van der Waals surface area contributed by atoms with Crippen LogP contribution >= 0.6 is 0 Å². The topological polar surface area (TPSA) is 129 Å². The summed E-state index contributed by atoms with van der Waals surface area (Å²) in [6, 6.07) is 10.9. The molecular weight excluding hydrogens is 374 g/mol. The van der Waals surface area contributed by atoms with E-state index in [0.717, 1.165) is 0 Å². The third kappa shape index (κ3) is 5.61. The minimum absolute atomic E-state index is 0.100. The van der Waals surface area contributed by atoms with E-state index in [-0.39, 0.29) is 17.3 Å². The van der Waals surface area contributed by atoms with Gasteiger partial charge >= 0.3 is 0 Å². The Morgan fingerprint density at radius 3 is 2.37 bits per heavy atom. The zero-order valence-corrected chi connectivity index (χ0v) is 15.5. The minimum atomic E-state index is -3.96. The smallest absolute Gasteiger partial charge is 0.280 e. The highest BCUT2D eigenvalue weighted by molar-refractivity contribution is 7.89. The number of primary amides is 1. The molecule has 0 atom stereocenters. The lowest BCUT2D eigenvalue weighted by Crippen LogP contribution is -2.20. The molecule has 27 heavy (non-hydrogen) atoms. The summed E-state index contributed by atoms with van der Waals surface area (Å²) in [7, 11) is -1.16. The molecule has 2 rings (SSSR count). The number of carbonyl (C=O) groups excluding carboxylic acids is 1. The van der Waals surface area contributed by atoms with Crippen molar-refractivity contribution in [3.8, 4) is 17.2 Å². The maximum atomic E-state index is 12.4. The number of nitrogens with zero attached hydrogens (tertiary/aromatic N) is 1. The zero-order valence-electron chi connectivity index (χ0n) is 14.7. The summed E-state index contributed by atoms with van der Waals surface area (Å²) in [5, 5.41) is 3.75. The maximum Gasteiger partial charge on any atom is 0.280 e. The standard InChI is InChI=1S/C17H19N3O6S/c1-24-14-7-8-15(25-2)16(9-14)27(22,23)20-19-10-12-3-5-13(6-4-12)26-11-17(18)21/h3-10,20H,11H2,1-2H3,(H2,18,21)/b19-10+. The predicted octanol–water partition coefficient (Wildman–Crippen LogP) is 0.880. The minimum Gasteiger partial charge on any atom is -0.497 e. The van der Waals surface area contributed by atoms with Gasteiger partial charge in [-0.3, -0.25) is 4.79 Å². The van der Waals surface area contributed by atoms with Gasteiger partial charge in [-0.2, -0.15) is 18.4 Å². The highest BCUT2D eigenvalue weighted by atomic mass is 32.2. The Morgan fingerprint density at radius 2 is 1.78 bits per heavy atom. The molecule has 10 heteroatoms. The first kappa shape index (κ1) is 20.0. The molecule has 0 unspecified atom stereocenters. The van der Waals surface area contributed by atoms with E-state index in [9.17, 15) is 13.2 Å². The van der Waals surface area contributed by atoms with Crippen molar-refractivity contribution in [3.63, 3.8) is 0 Å². The molecule has 0 aliphatic carbocycles. The van der Waals surface area contributed by atoms with Gasteiger partial charge in [0.05, 0.1) is 20.4 Å². The Balaban J connectivity index is 2.09. The lowest BCUT2D eigenvalue weighted by Gasteiger charge is -2.10. The predicted molar refractivity (Wildman–Crippen MR) is 98.6 cm³/mol. The Morgan fingerprint density at radius 1 is 1.11 bits per heavy atom. The Bertz CT molecular complexity index is 926. The van der Waals surface area contributed by atoms with Crippen LogP contribution in [0, 0.1) is 0 Å². The molecule has 0 fully saturated rings. The number of methoxy groups -OCH3 is 2. The van der Waals surface area contributed by atoms with Crippen LogP contribution in [-0.2, 0) is 14.8 Å². The molecule has 2 aromatic carbocycles. The van der Waals surface area contributed by atoms with Crippen LogP contribution < -0.4 is 24.8 Å². The molecule has 1 amide bonds. The normalized spacial score (nSPS) is 11.2. The van der Waals surface area contributed by atoms with E-state index in [1.54, 1.807) is 30.3 Å². The third-order valence-corrected chi connectivity index (χ3v) is 4.55. The summed E-state index contributed by atoms with van der Waals surface area (Å²) >= 11 is 0. The number of ether oxygens (including phenoxy) is 3. The van der Waals surface area contributed by atoms with Gasteiger partial charge < -0.3 is 19.9 Å². The summed E-state index contributed by atoms with van der Waals surface area (Å²) in [6.07, 6.45) is 1.32. The average molecular weight is 393 g/mol. The van der Waals surface area contributed by atoms with Gasteiger partial charge in [-0.25, -0.2) is 0 Å². The molecule has 0 aliphatic heterocycles. The fourth-order valence-corrected chi connectivity index (χ4v) is 3.00. The van der Waals surface area contributed by atoms with Gasteiger partial charge in [0.1, 0.15) is 22.1 Å². The second-order valence-electron chi connectivity index (χ2n) is 5.19. The number of hydrogen-bond acceptors (Lipinski definition) is 7.